The molecule has 120 valence electrons. The van der Waals surface area contributed by atoms with E-state index in [1.54, 1.807) is 0 Å². The quantitative estimate of drug-likeness (QED) is 0.509. The van der Waals surface area contributed by atoms with E-state index in [9.17, 15) is 23.3 Å². The lowest BCUT2D eigenvalue weighted by Crippen LogP contribution is -2.11. The summed E-state index contributed by atoms with van der Waals surface area (Å²) < 4.78 is 29.2. The van der Waals surface area contributed by atoms with Gasteiger partial charge < -0.3 is 9.50 Å². The Morgan fingerprint density at radius 1 is 1.13 bits per heavy atom. The predicted octanol–water partition coefficient (Wildman–Crippen LogP) is 2.32. The molecule has 23 heavy (non-hydrogen) atoms. The van der Waals surface area contributed by atoms with Crippen molar-refractivity contribution in [1.29, 1.82) is 0 Å². The highest BCUT2D eigenvalue weighted by molar-refractivity contribution is 7.87. The minimum Gasteiger partial charge on any atom is -0.372 e. The Balaban J connectivity index is 2.29. The number of hydrogen-bond acceptors (Lipinski definition) is 6. The molecule has 8 nitrogen and oxygen atoms in total. The molecule has 0 radical (unpaired) electrons. The van der Waals surface area contributed by atoms with Crippen LogP contribution in [0.4, 0.5) is 11.4 Å². The fraction of sp³-hybridized carbons (Fsp3) is 0.0714. The summed E-state index contributed by atoms with van der Waals surface area (Å²) in [5.74, 6) is -0.666. The van der Waals surface area contributed by atoms with Crippen LogP contribution in [-0.2, 0) is 14.9 Å². The normalized spacial score (nSPS) is 10.8. The Bertz CT molecular complexity index is 846. The molecule has 0 aliphatic heterocycles. The second-order valence-corrected chi connectivity index (χ2v) is 6.01. The molecule has 9 heteroatoms. The standard InChI is InChI=1S/C14H12N2O6S/c1-10(17)15-11-6-8-12(9-7-11)23(20,21)22-14-5-3-2-4-13(14)16(18)19/h2-9H,1H3,(H,15,17). The summed E-state index contributed by atoms with van der Waals surface area (Å²) in [5.41, 5.74) is -0.0342. The van der Waals surface area contributed by atoms with Crippen LogP contribution < -0.4 is 9.50 Å². The van der Waals surface area contributed by atoms with E-state index in [0.717, 1.165) is 6.07 Å². The number of benzene rings is 2. The first kappa shape index (κ1) is 16.4. The summed E-state index contributed by atoms with van der Waals surface area (Å²) in [6, 6.07) is 10.4. The topological polar surface area (TPSA) is 116 Å². The molecular weight excluding hydrogens is 324 g/mol. The van der Waals surface area contributed by atoms with E-state index in [1.165, 1.54) is 49.4 Å². The smallest absolute Gasteiger partial charge is 0.339 e. The van der Waals surface area contributed by atoms with Crippen molar-refractivity contribution < 1.29 is 22.3 Å². The lowest BCUT2D eigenvalue weighted by Gasteiger charge is -2.08. The molecule has 0 unspecified atom stereocenters. The molecule has 0 heterocycles. The SMILES string of the molecule is CC(=O)Nc1ccc(S(=O)(=O)Oc2ccccc2[N+](=O)[O-])cc1. The zero-order chi connectivity index (χ0) is 17.0. The van der Waals surface area contributed by atoms with Gasteiger partial charge in [-0.25, -0.2) is 0 Å². The second kappa shape index (κ2) is 6.44. The molecule has 0 bridgehead atoms. The highest BCUT2D eigenvalue weighted by atomic mass is 32.2. The monoisotopic (exact) mass is 336 g/mol. The molecule has 0 aliphatic carbocycles. The summed E-state index contributed by atoms with van der Waals surface area (Å²) in [5, 5.41) is 13.4. The third kappa shape index (κ3) is 4.04. The molecule has 1 N–H and O–H groups in total. The summed E-state index contributed by atoms with van der Waals surface area (Å²) >= 11 is 0. The second-order valence-electron chi connectivity index (χ2n) is 4.47. The molecule has 2 aromatic carbocycles. The van der Waals surface area contributed by atoms with Crippen LogP contribution in [0.3, 0.4) is 0 Å². The van der Waals surface area contributed by atoms with Gasteiger partial charge in [0.25, 0.3) is 0 Å². The number of rotatable bonds is 5. The van der Waals surface area contributed by atoms with Gasteiger partial charge in [-0.2, -0.15) is 8.42 Å². The largest absolute Gasteiger partial charge is 0.372 e. The van der Waals surface area contributed by atoms with Gasteiger partial charge in [0.1, 0.15) is 4.90 Å². The molecule has 0 saturated carbocycles. The van der Waals surface area contributed by atoms with Crippen molar-refractivity contribution in [1.82, 2.24) is 0 Å². The van der Waals surface area contributed by atoms with Crippen LogP contribution in [0.5, 0.6) is 5.75 Å². The minimum atomic E-state index is -4.23. The van der Waals surface area contributed by atoms with Gasteiger partial charge in [0.2, 0.25) is 11.7 Å². The number of hydrogen-bond donors (Lipinski definition) is 1. The lowest BCUT2D eigenvalue weighted by atomic mass is 10.3. The summed E-state index contributed by atoms with van der Waals surface area (Å²) in [4.78, 5) is 20.9. The number of nitrogens with zero attached hydrogens (tertiary/aromatic N) is 1. The van der Waals surface area contributed by atoms with Crippen molar-refractivity contribution in [2.24, 2.45) is 0 Å². The Morgan fingerprint density at radius 3 is 2.30 bits per heavy atom. The first-order chi connectivity index (χ1) is 10.8. The van der Waals surface area contributed by atoms with Crippen molar-refractivity contribution in [3.63, 3.8) is 0 Å². The molecule has 2 aromatic rings. The maximum Gasteiger partial charge on any atom is 0.339 e. The first-order valence-electron chi connectivity index (χ1n) is 6.35. The number of para-hydroxylation sites is 2. The summed E-state index contributed by atoms with van der Waals surface area (Å²) in [6.45, 7) is 1.32. The van der Waals surface area contributed by atoms with E-state index in [4.69, 9.17) is 4.18 Å². The van der Waals surface area contributed by atoms with Gasteiger partial charge in [0, 0.05) is 18.7 Å². The highest BCUT2D eigenvalue weighted by Crippen LogP contribution is 2.29. The van der Waals surface area contributed by atoms with Gasteiger partial charge in [0.15, 0.2) is 0 Å². The maximum absolute atomic E-state index is 12.2. The Kier molecular flexibility index (Phi) is 4.60. The van der Waals surface area contributed by atoms with Crippen LogP contribution in [0.2, 0.25) is 0 Å². The molecule has 0 aromatic heterocycles. The van der Waals surface area contributed by atoms with Crippen molar-refractivity contribution in [2.75, 3.05) is 5.32 Å². The van der Waals surface area contributed by atoms with Crippen LogP contribution in [0, 0.1) is 10.1 Å². The molecule has 0 atom stereocenters. The number of amides is 1. The zero-order valence-electron chi connectivity index (χ0n) is 11.9. The summed E-state index contributed by atoms with van der Waals surface area (Å²) in [6.07, 6.45) is 0. The lowest BCUT2D eigenvalue weighted by molar-refractivity contribution is -0.385. The van der Waals surface area contributed by atoms with Crippen LogP contribution in [0.1, 0.15) is 6.92 Å². The van der Waals surface area contributed by atoms with Gasteiger partial charge in [-0.15, -0.1) is 0 Å². The molecule has 0 fully saturated rings. The minimum absolute atomic E-state index is 0.190. The van der Waals surface area contributed by atoms with Crippen LogP contribution >= 0.6 is 0 Å². The van der Waals surface area contributed by atoms with E-state index in [-0.39, 0.29) is 16.6 Å². The van der Waals surface area contributed by atoms with Gasteiger partial charge in [-0.05, 0) is 30.3 Å². The van der Waals surface area contributed by atoms with Crippen molar-refractivity contribution >= 4 is 27.4 Å². The molecule has 2 rings (SSSR count). The van der Waals surface area contributed by atoms with Crippen LogP contribution in [-0.4, -0.2) is 19.2 Å². The predicted molar refractivity (Wildman–Crippen MR) is 81.7 cm³/mol. The van der Waals surface area contributed by atoms with Gasteiger partial charge in [0.05, 0.1) is 4.92 Å². The van der Waals surface area contributed by atoms with E-state index < -0.39 is 20.7 Å². The number of carbonyl (C=O) groups excluding carboxylic acids is 1. The van der Waals surface area contributed by atoms with Crippen molar-refractivity contribution in [2.45, 2.75) is 11.8 Å². The van der Waals surface area contributed by atoms with E-state index >= 15 is 0 Å². The average molecular weight is 336 g/mol. The molecule has 1 amide bonds. The molecule has 0 aliphatic rings. The number of anilines is 1. The molecular formula is C14H12N2O6S. The molecule has 0 saturated heterocycles. The van der Waals surface area contributed by atoms with Crippen molar-refractivity contribution in [3.05, 3.63) is 58.6 Å². The number of nitrogens with one attached hydrogen (secondary N) is 1. The third-order valence-electron chi connectivity index (χ3n) is 2.72. The van der Waals surface area contributed by atoms with E-state index in [0.29, 0.717) is 5.69 Å². The summed E-state index contributed by atoms with van der Waals surface area (Å²) in [7, 11) is -4.23. The van der Waals surface area contributed by atoms with Gasteiger partial charge >= 0.3 is 15.8 Å². The van der Waals surface area contributed by atoms with Crippen LogP contribution in [0.15, 0.2) is 53.4 Å². The van der Waals surface area contributed by atoms with Crippen LogP contribution in [0.25, 0.3) is 0 Å². The fourth-order valence-corrected chi connectivity index (χ4v) is 2.70. The molecule has 0 spiro atoms. The average Bonchev–Trinajstić information content (AvgIpc) is 2.47. The number of nitro benzene ring substituents is 1. The Morgan fingerprint density at radius 2 is 1.74 bits per heavy atom. The third-order valence-corrected chi connectivity index (χ3v) is 3.97. The highest BCUT2D eigenvalue weighted by Gasteiger charge is 2.22. The van der Waals surface area contributed by atoms with Crippen molar-refractivity contribution in [3.8, 4) is 5.75 Å². The van der Waals surface area contributed by atoms with Gasteiger partial charge in [-0.3, -0.25) is 14.9 Å². The number of nitro groups is 1. The fourth-order valence-electron chi connectivity index (χ4n) is 1.75. The first-order valence-corrected chi connectivity index (χ1v) is 7.76. The Labute approximate surface area is 132 Å². The Hall–Kier alpha value is -2.94. The maximum atomic E-state index is 12.2. The van der Waals surface area contributed by atoms with E-state index in [2.05, 4.69) is 5.32 Å². The zero-order valence-corrected chi connectivity index (χ0v) is 12.7. The van der Waals surface area contributed by atoms with E-state index in [1.807, 2.05) is 0 Å². The van der Waals surface area contributed by atoms with Gasteiger partial charge in [-0.1, -0.05) is 12.1 Å². The number of carbonyl (C=O) groups is 1.